The van der Waals surface area contributed by atoms with Gasteiger partial charge in [-0.3, -0.25) is 4.79 Å². The molecule has 6 heteroatoms. The summed E-state index contributed by atoms with van der Waals surface area (Å²) in [6.07, 6.45) is -4.18. The van der Waals surface area contributed by atoms with Crippen molar-refractivity contribution in [3.05, 3.63) is 35.9 Å². The van der Waals surface area contributed by atoms with E-state index < -0.39 is 23.6 Å². The Hall–Kier alpha value is -1.56. The first-order chi connectivity index (χ1) is 9.39. The number of carbonyl (C=O) groups excluding carboxylic acids is 1. The lowest BCUT2D eigenvalue weighted by Gasteiger charge is -2.23. The number of ether oxygens (including phenoxy) is 1. The molecule has 110 valence electrons. The zero-order valence-electron chi connectivity index (χ0n) is 11.0. The van der Waals surface area contributed by atoms with E-state index in [1.54, 1.807) is 30.3 Å². The summed E-state index contributed by atoms with van der Waals surface area (Å²) in [5, 5.41) is 2.50. The van der Waals surface area contributed by atoms with E-state index >= 15 is 0 Å². The van der Waals surface area contributed by atoms with Gasteiger partial charge < -0.3 is 10.1 Å². The SMILES string of the molecule is COC(=O)C(CNC1(C(F)(F)F)CC1)c1ccccc1. The van der Waals surface area contributed by atoms with Crippen molar-refractivity contribution < 1.29 is 22.7 Å². The van der Waals surface area contributed by atoms with Crippen molar-refractivity contribution in [2.45, 2.75) is 30.5 Å². The monoisotopic (exact) mass is 287 g/mol. The van der Waals surface area contributed by atoms with Crippen LogP contribution in [0.3, 0.4) is 0 Å². The van der Waals surface area contributed by atoms with Crippen LogP contribution < -0.4 is 5.32 Å². The molecule has 1 aromatic carbocycles. The second-order valence-corrected chi connectivity index (χ2v) is 4.95. The standard InChI is InChI=1S/C14H16F3NO2/c1-20-12(19)11(10-5-3-2-4-6-10)9-18-13(7-8-13)14(15,16)17/h2-6,11,18H,7-9H2,1H3. The average Bonchev–Trinajstić information content (AvgIpc) is 3.20. The fourth-order valence-corrected chi connectivity index (χ4v) is 2.15. The number of benzene rings is 1. The highest BCUT2D eigenvalue weighted by Gasteiger charge is 2.63. The molecule has 1 atom stereocenters. The van der Waals surface area contributed by atoms with Crippen LogP contribution in [0.15, 0.2) is 30.3 Å². The molecule has 1 aromatic rings. The molecule has 1 saturated carbocycles. The van der Waals surface area contributed by atoms with Gasteiger partial charge in [-0.05, 0) is 18.4 Å². The summed E-state index contributed by atoms with van der Waals surface area (Å²) in [5.41, 5.74) is -1.18. The van der Waals surface area contributed by atoms with Crippen molar-refractivity contribution in [1.82, 2.24) is 5.32 Å². The molecular formula is C14H16F3NO2. The van der Waals surface area contributed by atoms with Crippen molar-refractivity contribution in [3.8, 4) is 0 Å². The second kappa shape index (κ2) is 5.44. The zero-order chi connectivity index (χ0) is 14.8. The molecule has 0 saturated heterocycles. The number of rotatable bonds is 5. The van der Waals surface area contributed by atoms with E-state index in [9.17, 15) is 18.0 Å². The summed E-state index contributed by atoms with van der Waals surface area (Å²) >= 11 is 0. The molecule has 0 spiro atoms. The fourth-order valence-electron chi connectivity index (χ4n) is 2.15. The van der Waals surface area contributed by atoms with Gasteiger partial charge in [0.05, 0.1) is 13.0 Å². The number of esters is 1. The van der Waals surface area contributed by atoms with Gasteiger partial charge in [-0.2, -0.15) is 13.2 Å². The lowest BCUT2D eigenvalue weighted by molar-refractivity contribution is -0.167. The molecule has 0 heterocycles. The van der Waals surface area contributed by atoms with Crippen LogP contribution in [0.25, 0.3) is 0 Å². The van der Waals surface area contributed by atoms with Gasteiger partial charge in [0.1, 0.15) is 5.54 Å². The highest BCUT2D eigenvalue weighted by molar-refractivity contribution is 5.78. The van der Waals surface area contributed by atoms with Crippen LogP contribution >= 0.6 is 0 Å². The Morgan fingerprint density at radius 3 is 2.40 bits per heavy atom. The topological polar surface area (TPSA) is 38.3 Å². The van der Waals surface area contributed by atoms with Crippen molar-refractivity contribution in [2.75, 3.05) is 13.7 Å². The number of alkyl halides is 3. The Kier molecular flexibility index (Phi) is 4.04. The van der Waals surface area contributed by atoms with Crippen molar-refractivity contribution in [3.63, 3.8) is 0 Å². The summed E-state index contributed by atoms with van der Waals surface area (Å²) in [6, 6.07) is 8.67. The van der Waals surface area contributed by atoms with Crippen LogP contribution in [-0.4, -0.2) is 31.3 Å². The smallest absolute Gasteiger partial charge is 0.406 e. The molecule has 1 unspecified atom stereocenters. The molecule has 0 amide bonds. The fraction of sp³-hybridized carbons (Fsp3) is 0.500. The first-order valence-electron chi connectivity index (χ1n) is 6.34. The second-order valence-electron chi connectivity index (χ2n) is 4.95. The van der Waals surface area contributed by atoms with Gasteiger partial charge in [0.25, 0.3) is 0 Å². The summed E-state index contributed by atoms with van der Waals surface area (Å²) in [4.78, 5) is 11.8. The Morgan fingerprint density at radius 1 is 1.35 bits per heavy atom. The van der Waals surface area contributed by atoms with E-state index in [4.69, 9.17) is 0 Å². The van der Waals surface area contributed by atoms with Gasteiger partial charge in [-0.15, -0.1) is 0 Å². The molecule has 3 nitrogen and oxygen atoms in total. The molecule has 0 aliphatic heterocycles. The molecule has 1 aliphatic carbocycles. The number of nitrogens with one attached hydrogen (secondary N) is 1. The first-order valence-corrected chi connectivity index (χ1v) is 6.34. The maximum Gasteiger partial charge on any atom is 0.406 e. The summed E-state index contributed by atoms with van der Waals surface area (Å²) in [6.45, 7) is -0.0871. The van der Waals surface area contributed by atoms with Crippen LogP contribution in [-0.2, 0) is 9.53 Å². The van der Waals surface area contributed by atoms with Gasteiger partial charge in [-0.1, -0.05) is 30.3 Å². The number of hydrogen-bond acceptors (Lipinski definition) is 3. The minimum Gasteiger partial charge on any atom is -0.469 e. The largest absolute Gasteiger partial charge is 0.469 e. The van der Waals surface area contributed by atoms with E-state index in [0.29, 0.717) is 5.56 Å². The third-order valence-electron chi connectivity index (χ3n) is 3.62. The summed E-state index contributed by atoms with van der Waals surface area (Å²) in [7, 11) is 1.23. The zero-order valence-corrected chi connectivity index (χ0v) is 11.0. The molecule has 2 rings (SSSR count). The predicted octanol–water partition coefficient (Wildman–Crippen LogP) is 2.63. The van der Waals surface area contributed by atoms with E-state index in [-0.39, 0.29) is 19.4 Å². The minimum atomic E-state index is -4.29. The van der Waals surface area contributed by atoms with Crippen LogP contribution in [0.1, 0.15) is 24.3 Å². The lowest BCUT2D eigenvalue weighted by Crippen LogP contribution is -2.47. The predicted molar refractivity (Wildman–Crippen MR) is 67.2 cm³/mol. The molecule has 20 heavy (non-hydrogen) atoms. The third kappa shape index (κ3) is 2.95. The molecule has 1 N–H and O–H groups in total. The number of carbonyl (C=O) groups is 1. The van der Waals surface area contributed by atoms with Crippen LogP contribution in [0.2, 0.25) is 0 Å². The normalized spacial score (nSPS) is 18.4. The highest BCUT2D eigenvalue weighted by Crippen LogP contribution is 2.49. The summed E-state index contributed by atoms with van der Waals surface area (Å²) in [5.74, 6) is -1.28. The Balaban J connectivity index is 2.09. The van der Waals surface area contributed by atoms with Crippen molar-refractivity contribution in [1.29, 1.82) is 0 Å². The Labute approximate surface area is 115 Å². The molecule has 1 aliphatic rings. The van der Waals surface area contributed by atoms with Crippen molar-refractivity contribution >= 4 is 5.97 Å². The quantitative estimate of drug-likeness (QED) is 0.846. The van der Waals surface area contributed by atoms with E-state index in [0.717, 1.165) is 0 Å². The van der Waals surface area contributed by atoms with Gasteiger partial charge in [0.2, 0.25) is 0 Å². The van der Waals surface area contributed by atoms with E-state index in [1.807, 2.05) is 0 Å². The number of halogens is 3. The lowest BCUT2D eigenvalue weighted by atomic mass is 9.98. The molecule has 1 fully saturated rings. The summed E-state index contributed by atoms with van der Waals surface area (Å²) < 4.78 is 43.2. The highest BCUT2D eigenvalue weighted by atomic mass is 19.4. The maximum absolute atomic E-state index is 12.9. The molecule has 0 bridgehead atoms. The Morgan fingerprint density at radius 2 is 1.95 bits per heavy atom. The van der Waals surface area contributed by atoms with Gasteiger partial charge >= 0.3 is 12.1 Å². The third-order valence-corrected chi connectivity index (χ3v) is 3.62. The van der Waals surface area contributed by atoms with E-state index in [2.05, 4.69) is 10.1 Å². The van der Waals surface area contributed by atoms with E-state index in [1.165, 1.54) is 7.11 Å². The first kappa shape index (κ1) is 14.8. The maximum atomic E-state index is 12.9. The van der Waals surface area contributed by atoms with Crippen LogP contribution in [0, 0.1) is 0 Å². The molecule has 0 radical (unpaired) electrons. The average molecular weight is 287 g/mol. The van der Waals surface area contributed by atoms with Gasteiger partial charge in [-0.25, -0.2) is 0 Å². The number of hydrogen-bond donors (Lipinski definition) is 1. The Bertz CT molecular complexity index is 469. The molecule has 0 aromatic heterocycles. The van der Waals surface area contributed by atoms with Crippen molar-refractivity contribution in [2.24, 2.45) is 0 Å². The van der Waals surface area contributed by atoms with Gasteiger partial charge in [0, 0.05) is 6.54 Å². The van der Waals surface area contributed by atoms with Crippen LogP contribution in [0.4, 0.5) is 13.2 Å². The molecular weight excluding hydrogens is 271 g/mol. The van der Waals surface area contributed by atoms with Crippen LogP contribution in [0.5, 0.6) is 0 Å². The van der Waals surface area contributed by atoms with Gasteiger partial charge in [0.15, 0.2) is 0 Å². The number of methoxy groups -OCH3 is 1. The minimum absolute atomic E-state index is 0.0547.